The molecule has 0 saturated carbocycles. The molecule has 132 valence electrons. The average Bonchev–Trinajstić information content (AvgIpc) is 2.45. The molecule has 1 heterocycles. The van der Waals surface area contributed by atoms with Crippen LogP contribution in [0.25, 0.3) is 0 Å². The molecule has 2 N–H and O–H groups in total. The van der Waals surface area contributed by atoms with Crippen molar-refractivity contribution in [2.75, 3.05) is 37.4 Å². The molecule has 0 aromatic heterocycles. The summed E-state index contributed by atoms with van der Waals surface area (Å²) in [5.41, 5.74) is 1.13. The average molecular weight is 335 g/mol. The van der Waals surface area contributed by atoms with Crippen LogP contribution in [0.1, 0.15) is 20.8 Å². The predicted octanol–water partition coefficient (Wildman–Crippen LogP) is 1.70. The van der Waals surface area contributed by atoms with Gasteiger partial charge in [0.2, 0.25) is 11.8 Å². The molecule has 1 aliphatic rings. The van der Waals surface area contributed by atoms with Gasteiger partial charge in [-0.15, -0.1) is 0 Å². The van der Waals surface area contributed by atoms with Gasteiger partial charge >= 0.3 is 0 Å². The van der Waals surface area contributed by atoms with E-state index in [2.05, 4.69) is 15.5 Å². The van der Waals surface area contributed by atoms with Crippen LogP contribution in [0, 0.1) is 0 Å². The molecule has 1 aliphatic heterocycles. The lowest BCUT2D eigenvalue weighted by molar-refractivity contribution is -0.121. The van der Waals surface area contributed by atoms with Crippen LogP contribution in [0.15, 0.2) is 18.2 Å². The molecular formula is C17H25N3O4. The third kappa shape index (κ3) is 5.21. The van der Waals surface area contributed by atoms with Crippen molar-refractivity contribution in [1.29, 1.82) is 0 Å². The van der Waals surface area contributed by atoms with Crippen LogP contribution in [-0.2, 0) is 14.3 Å². The lowest BCUT2D eigenvalue weighted by atomic mass is 10.2. The van der Waals surface area contributed by atoms with E-state index in [1.165, 1.54) is 14.0 Å². The highest BCUT2D eigenvalue weighted by molar-refractivity contribution is 5.95. The van der Waals surface area contributed by atoms with Crippen LogP contribution in [0.4, 0.5) is 11.4 Å². The largest absolute Gasteiger partial charge is 0.495 e. The maximum Gasteiger partial charge on any atom is 0.238 e. The van der Waals surface area contributed by atoms with Gasteiger partial charge in [0.15, 0.2) is 0 Å². The molecule has 2 rings (SSSR count). The second-order valence-corrected chi connectivity index (χ2v) is 6.10. The Bertz CT molecular complexity index is 595. The first-order chi connectivity index (χ1) is 11.4. The summed E-state index contributed by atoms with van der Waals surface area (Å²) in [6.07, 6.45) is 0.221. The highest BCUT2D eigenvalue weighted by Crippen LogP contribution is 2.28. The molecule has 0 bridgehead atoms. The van der Waals surface area contributed by atoms with Crippen molar-refractivity contribution in [3.8, 4) is 5.75 Å². The third-order valence-electron chi connectivity index (χ3n) is 3.66. The van der Waals surface area contributed by atoms with Crippen molar-refractivity contribution >= 4 is 23.2 Å². The van der Waals surface area contributed by atoms with Crippen molar-refractivity contribution in [2.45, 2.75) is 33.0 Å². The monoisotopic (exact) mass is 335 g/mol. The van der Waals surface area contributed by atoms with E-state index in [4.69, 9.17) is 9.47 Å². The van der Waals surface area contributed by atoms with Crippen LogP contribution in [0.3, 0.4) is 0 Å². The van der Waals surface area contributed by atoms with Gasteiger partial charge in [-0.05, 0) is 32.0 Å². The lowest BCUT2D eigenvalue weighted by Gasteiger charge is -2.34. The minimum Gasteiger partial charge on any atom is -0.495 e. The second-order valence-electron chi connectivity index (χ2n) is 6.10. The summed E-state index contributed by atoms with van der Waals surface area (Å²) < 4.78 is 10.9. The van der Waals surface area contributed by atoms with Gasteiger partial charge in [0.1, 0.15) is 5.75 Å². The number of carbonyl (C=O) groups excluding carboxylic acids is 2. The number of carbonyl (C=O) groups is 2. The molecule has 7 heteroatoms. The smallest absolute Gasteiger partial charge is 0.238 e. The first-order valence-corrected chi connectivity index (χ1v) is 8.00. The van der Waals surface area contributed by atoms with Gasteiger partial charge in [-0.25, -0.2) is 0 Å². The van der Waals surface area contributed by atoms with Gasteiger partial charge in [-0.3, -0.25) is 14.5 Å². The molecular weight excluding hydrogens is 310 g/mol. The number of hydrogen-bond donors (Lipinski definition) is 2. The third-order valence-corrected chi connectivity index (χ3v) is 3.66. The van der Waals surface area contributed by atoms with Gasteiger partial charge in [-0.1, -0.05) is 0 Å². The maximum absolute atomic E-state index is 12.4. The first kappa shape index (κ1) is 18.2. The topological polar surface area (TPSA) is 79.9 Å². The minimum absolute atomic E-state index is 0.110. The molecule has 1 aromatic rings. The highest BCUT2D eigenvalue weighted by atomic mass is 16.5. The molecule has 24 heavy (non-hydrogen) atoms. The van der Waals surface area contributed by atoms with Gasteiger partial charge in [0.25, 0.3) is 0 Å². The summed E-state index contributed by atoms with van der Waals surface area (Å²) in [5.74, 6) is 0.240. The number of morpholine rings is 1. The number of methoxy groups -OCH3 is 1. The molecule has 7 nitrogen and oxygen atoms in total. The van der Waals surface area contributed by atoms with Crippen molar-refractivity contribution in [3.63, 3.8) is 0 Å². The molecule has 0 spiro atoms. The van der Waals surface area contributed by atoms with E-state index in [1.807, 2.05) is 13.8 Å². The molecule has 2 atom stereocenters. The van der Waals surface area contributed by atoms with Gasteiger partial charge in [-0.2, -0.15) is 0 Å². The van der Waals surface area contributed by atoms with Crippen LogP contribution in [0.5, 0.6) is 5.75 Å². The van der Waals surface area contributed by atoms with E-state index < -0.39 is 0 Å². The number of benzene rings is 1. The number of nitrogens with zero attached hydrogens (tertiary/aromatic N) is 1. The Kier molecular flexibility index (Phi) is 6.16. The number of amides is 2. The van der Waals surface area contributed by atoms with Crippen LogP contribution >= 0.6 is 0 Å². The highest BCUT2D eigenvalue weighted by Gasteiger charge is 2.24. The Morgan fingerprint density at radius 1 is 1.25 bits per heavy atom. The molecule has 1 fully saturated rings. The SMILES string of the molecule is COc1ccc(NC(C)=O)cc1NC(=O)CN1C[C@H](C)O[C@@H](C)C1. The van der Waals surface area contributed by atoms with Crippen LogP contribution in [-0.4, -0.2) is 55.7 Å². The Morgan fingerprint density at radius 2 is 1.92 bits per heavy atom. The van der Waals surface area contributed by atoms with Gasteiger partial charge in [0.05, 0.1) is 31.5 Å². The fourth-order valence-electron chi connectivity index (χ4n) is 2.89. The van der Waals surface area contributed by atoms with E-state index >= 15 is 0 Å². The first-order valence-electron chi connectivity index (χ1n) is 8.00. The van der Waals surface area contributed by atoms with E-state index in [-0.39, 0.29) is 30.6 Å². The zero-order valence-corrected chi connectivity index (χ0v) is 14.6. The standard InChI is InChI=1S/C17H25N3O4/c1-11-8-20(9-12(2)24-11)10-17(22)19-15-7-14(18-13(3)21)5-6-16(15)23-4/h5-7,11-12H,8-10H2,1-4H3,(H,18,21)(H,19,22)/t11-,12-/m0/s1. The Balaban J connectivity index is 2.03. The van der Waals surface area contributed by atoms with Crippen molar-refractivity contribution in [3.05, 3.63) is 18.2 Å². The Hall–Kier alpha value is -2.12. The molecule has 2 amide bonds. The van der Waals surface area contributed by atoms with E-state index in [9.17, 15) is 9.59 Å². The molecule has 1 aromatic carbocycles. The Labute approximate surface area is 142 Å². The lowest BCUT2D eigenvalue weighted by Crippen LogP contribution is -2.48. The number of hydrogen-bond acceptors (Lipinski definition) is 5. The van der Waals surface area contributed by atoms with E-state index in [1.54, 1.807) is 18.2 Å². The molecule has 0 radical (unpaired) electrons. The summed E-state index contributed by atoms with van der Waals surface area (Å²) in [6, 6.07) is 5.11. The van der Waals surface area contributed by atoms with Gasteiger partial charge in [0, 0.05) is 25.7 Å². The van der Waals surface area contributed by atoms with Gasteiger partial charge < -0.3 is 20.1 Å². The minimum atomic E-state index is -0.172. The maximum atomic E-state index is 12.4. The van der Waals surface area contributed by atoms with Crippen molar-refractivity contribution in [1.82, 2.24) is 4.90 Å². The summed E-state index contributed by atoms with van der Waals surface area (Å²) in [4.78, 5) is 25.6. The zero-order chi connectivity index (χ0) is 17.7. The predicted molar refractivity (Wildman–Crippen MR) is 92.4 cm³/mol. The quantitative estimate of drug-likeness (QED) is 0.856. The fourth-order valence-corrected chi connectivity index (χ4v) is 2.89. The summed E-state index contributed by atoms with van der Waals surface area (Å²) in [7, 11) is 1.54. The second kappa shape index (κ2) is 8.12. The molecule has 1 saturated heterocycles. The fraction of sp³-hybridized carbons (Fsp3) is 0.529. The van der Waals surface area contributed by atoms with Crippen molar-refractivity contribution < 1.29 is 19.1 Å². The number of ether oxygens (including phenoxy) is 2. The number of anilines is 2. The summed E-state index contributed by atoms with van der Waals surface area (Å²) >= 11 is 0. The van der Waals surface area contributed by atoms with E-state index in [0.29, 0.717) is 17.1 Å². The van der Waals surface area contributed by atoms with Crippen molar-refractivity contribution in [2.24, 2.45) is 0 Å². The summed E-state index contributed by atoms with van der Waals surface area (Å²) in [5, 5.41) is 5.54. The zero-order valence-electron chi connectivity index (χ0n) is 14.6. The number of rotatable bonds is 5. The number of nitrogens with one attached hydrogen (secondary N) is 2. The van der Waals surface area contributed by atoms with Crippen LogP contribution < -0.4 is 15.4 Å². The normalized spacial score (nSPS) is 21.2. The Morgan fingerprint density at radius 3 is 2.50 bits per heavy atom. The van der Waals surface area contributed by atoms with Crippen LogP contribution in [0.2, 0.25) is 0 Å². The van der Waals surface area contributed by atoms with E-state index in [0.717, 1.165) is 13.1 Å². The summed E-state index contributed by atoms with van der Waals surface area (Å²) in [6.45, 7) is 7.16. The molecule has 0 unspecified atom stereocenters. The molecule has 0 aliphatic carbocycles.